The maximum atomic E-state index is 12.9. The number of hydrogen-bond donors (Lipinski definition) is 1. The largest absolute Gasteiger partial charge is 0.334 e. The minimum absolute atomic E-state index is 0.286. The normalized spacial score (nSPS) is 21.8. The summed E-state index contributed by atoms with van der Waals surface area (Å²) in [6.07, 6.45) is 6.45. The van der Waals surface area contributed by atoms with Gasteiger partial charge < -0.3 is 4.90 Å². The third-order valence-electron chi connectivity index (χ3n) is 5.07. The Morgan fingerprint density at radius 2 is 2.29 bits per heavy atom. The van der Waals surface area contributed by atoms with Gasteiger partial charge in [-0.3, -0.25) is 14.8 Å². The van der Waals surface area contributed by atoms with Crippen molar-refractivity contribution >= 4 is 17.2 Å². The van der Waals surface area contributed by atoms with Crippen molar-refractivity contribution in [2.45, 2.75) is 44.2 Å². The minimum Gasteiger partial charge on any atom is -0.334 e. The van der Waals surface area contributed by atoms with Crippen LogP contribution in [0.3, 0.4) is 0 Å². The first-order valence-corrected chi connectivity index (χ1v) is 9.76. The van der Waals surface area contributed by atoms with E-state index in [-0.39, 0.29) is 5.91 Å². The zero-order chi connectivity index (χ0) is 16.4. The van der Waals surface area contributed by atoms with Crippen molar-refractivity contribution in [2.24, 2.45) is 0 Å². The third-order valence-corrected chi connectivity index (χ3v) is 5.80. The Labute approximate surface area is 146 Å². The van der Waals surface area contributed by atoms with E-state index in [1.54, 1.807) is 11.3 Å². The molecule has 5 nitrogen and oxygen atoms in total. The molecule has 2 aromatic rings. The lowest BCUT2D eigenvalue weighted by molar-refractivity contribution is -0.134. The van der Waals surface area contributed by atoms with Crippen LogP contribution in [0.2, 0.25) is 0 Å². The second-order valence-electron chi connectivity index (χ2n) is 6.97. The molecule has 1 atom stereocenters. The molecular formula is C18H24N4OS. The molecule has 1 aliphatic heterocycles. The van der Waals surface area contributed by atoms with Crippen molar-refractivity contribution in [2.75, 3.05) is 19.6 Å². The summed E-state index contributed by atoms with van der Waals surface area (Å²) in [5.41, 5.74) is 2.46. The predicted octanol–water partition coefficient (Wildman–Crippen LogP) is 2.84. The predicted molar refractivity (Wildman–Crippen MR) is 94.9 cm³/mol. The molecule has 128 valence electrons. The fourth-order valence-electron chi connectivity index (χ4n) is 3.62. The van der Waals surface area contributed by atoms with E-state index < -0.39 is 0 Å². The van der Waals surface area contributed by atoms with Crippen molar-refractivity contribution in [3.05, 3.63) is 40.3 Å². The minimum atomic E-state index is 0.286. The van der Waals surface area contributed by atoms with E-state index in [9.17, 15) is 4.79 Å². The molecule has 2 aliphatic rings. The molecule has 0 spiro atoms. The Morgan fingerprint density at radius 1 is 1.38 bits per heavy atom. The summed E-state index contributed by atoms with van der Waals surface area (Å²) in [5, 5.41) is 11.4. The molecule has 0 bridgehead atoms. The summed E-state index contributed by atoms with van der Waals surface area (Å²) in [5.74, 6) is 0.759. The lowest BCUT2D eigenvalue weighted by Crippen LogP contribution is -2.44. The van der Waals surface area contributed by atoms with Gasteiger partial charge in [0.1, 0.15) is 0 Å². The highest BCUT2D eigenvalue weighted by Gasteiger charge is 2.34. The van der Waals surface area contributed by atoms with Gasteiger partial charge >= 0.3 is 0 Å². The Hall–Kier alpha value is -1.66. The van der Waals surface area contributed by atoms with E-state index in [1.807, 2.05) is 6.20 Å². The summed E-state index contributed by atoms with van der Waals surface area (Å²) in [6.45, 7) is 3.29. The molecular weight excluding hydrogens is 320 g/mol. The molecule has 0 aromatic carbocycles. The first-order chi connectivity index (χ1) is 11.8. The number of hydrogen-bond acceptors (Lipinski definition) is 4. The molecule has 6 heteroatoms. The highest BCUT2D eigenvalue weighted by atomic mass is 32.1. The molecule has 24 heavy (non-hydrogen) atoms. The summed E-state index contributed by atoms with van der Waals surface area (Å²) >= 11 is 1.70. The van der Waals surface area contributed by atoms with Crippen molar-refractivity contribution in [3.8, 4) is 0 Å². The SMILES string of the molecule is O=C(CN1CCCC(c2ccn[nH]2)C1)N(Cc1ccsc1)C1CC1. The van der Waals surface area contributed by atoms with Gasteiger partial charge in [0.2, 0.25) is 5.91 Å². The van der Waals surface area contributed by atoms with Gasteiger partial charge in [0, 0.05) is 36.9 Å². The van der Waals surface area contributed by atoms with Gasteiger partial charge in [0.25, 0.3) is 0 Å². The van der Waals surface area contributed by atoms with Crippen LogP contribution in [0.4, 0.5) is 0 Å². The smallest absolute Gasteiger partial charge is 0.237 e. The van der Waals surface area contributed by atoms with Crippen LogP contribution in [0.15, 0.2) is 29.1 Å². The van der Waals surface area contributed by atoms with Gasteiger partial charge in [-0.2, -0.15) is 16.4 Å². The number of likely N-dealkylation sites (tertiary alicyclic amines) is 1. The first-order valence-electron chi connectivity index (χ1n) is 8.82. The average molecular weight is 344 g/mol. The van der Waals surface area contributed by atoms with Gasteiger partial charge in [0.15, 0.2) is 0 Å². The number of aromatic amines is 1. The van der Waals surface area contributed by atoms with Crippen LogP contribution in [0, 0.1) is 0 Å². The molecule has 1 N–H and O–H groups in total. The van der Waals surface area contributed by atoms with Gasteiger partial charge in [-0.05, 0) is 60.7 Å². The number of H-pyrrole nitrogens is 1. The highest BCUT2D eigenvalue weighted by Crippen LogP contribution is 2.30. The molecule has 2 fully saturated rings. The van der Waals surface area contributed by atoms with Gasteiger partial charge in [0.05, 0.1) is 6.54 Å². The quantitative estimate of drug-likeness (QED) is 0.877. The van der Waals surface area contributed by atoms with E-state index >= 15 is 0 Å². The Bertz CT molecular complexity index is 651. The number of piperidine rings is 1. The first kappa shape index (κ1) is 15.8. The molecule has 2 aromatic heterocycles. The van der Waals surface area contributed by atoms with E-state index in [4.69, 9.17) is 0 Å². The van der Waals surface area contributed by atoms with Crippen molar-refractivity contribution < 1.29 is 4.79 Å². The summed E-state index contributed by atoms with van der Waals surface area (Å²) < 4.78 is 0. The van der Waals surface area contributed by atoms with Crippen LogP contribution in [0.1, 0.15) is 42.9 Å². The van der Waals surface area contributed by atoms with Gasteiger partial charge in [-0.15, -0.1) is 0 Å². The Morgan fingerprint density at radius 3 is 3.00 bits per heavy atom. The van der Waals surface area contributed by atoms with Crippen LogP contribution in [0.5, 0.6) is 0 Å². The molecule has 1 saturated heterocycles. The molecule has 0 radical (unpaired) electrons. The number of nitrogens with zero attached hydrogens (tertiary/aromatic N) is 3. The molecule has 1 unspecified atom stereocenters. The van der Waals surface area contributed by atoms with E-state index in [1.165, 1.54) is 17.7 Å². The van der Waals surface area contributed by atoms with Gasteiger partial charge in [-0.25, -0.2) is 0 Å². The summed E-state index contributed by atoms with van der Waals surface area (Å²) in [7, 11) is 0. The van der Waals surface area contributed by atoms with Crippen LogP contribution >= 0.6 is 11.3 Å². The average Bonchev–Trinajstić information content (AvgIpc) is 3.08. The standard InChI is InChI=1S/C18H24N4OS/c23-18(22(16-3-4-16)10-14-6-9-24-13-14)12-21-8-1-2-15(11-21)17-5-7-19-20-17/h5-7,9,13,15-16H,1-4,8,10-12H2,(H,19,20). The monoisotopic (exact) mass is 344 g/mol. The maximum Gasteiger partial charge on any atom is 0.237 e. The number of carbonyl (C=O) groups excluding carboxylic acids is 1. The fourth-order valence-corrected chi connectivity index (χ4v) is 4.28. The number of nitrogens with one attached hydrogen (secondary N) is 1. The number of carbonyl (C=O) groups is 1. The second kappa shape index (κ2) is 7.07. The molecule has 1 amide bonds. The molecule has 3 heterocycles. The second-order valence-corrected chi connectivity index (χ2v) is 7.75. The van der Waals surface area contributed by atoms with E-state index in [0.29, 0.717) is 18.5 Å². The van der Waals surface area contributed by atoms with Gasteiger partial charge in [-0.1, -0.05) is 0 Å². The van der Waals surface area contributed by atoms with Crippen LogP contribution in [-0.4, -0.2) is 51.6 Å². The Balaban J connectivity index is 1.37. The summed E-state index contributed by atoms with van der Waals surface area (Å²) in [6, 6.07) is 4.65. The van der Waals surface area contributed by atoms with E-state index in [2.05, 4.69) is 42.9 Å². The van der Waals surface area contributed by atoms with Crippen LogP contribution in [-0.2, 0) is 11.3 Å². The number of amides is 1. The zero-order valence-electron chi connectivity index (χ0n) is 13.9. The molecule has 1 saturated carbocycles. The lowest BCUT2D eigenvalue weighted by Gasteiger charge is -2.33. The van der Waals surface area contributed by atoms with Crippen molar-refractivity contribution in [3.63, 3.8) is 0 Å². The van der Waals surface area contributed by atoms with Crippen LogP contribution in [0.25, 0.3) is 0 Å². The number of thiophene rings is 1. The number of rotatable bonds is 6. The number of aromatic nitrogens is 2. The fraction of sp³-hybridized carbons (Fsp3) is 0.556. The molecule has 1 aliphatic carbocycles. The van der Waals surface area contributed by atoms with Crippen LogP contribution < -0.4 is 0 Å². The lowest BCUT2D eigenvalue weighted by atomic mass is 9.95. The zero-order valence-corrected chi connectivity index (χ0v) is 14.7. The third kappa shape index (κ3) is 3.70. The maximum absolute atomic E-state index is 12.9. The van der Waals surface area contributed by atoms with Crippen molar-refractivity contribution in [1.82, 2.24) is 20.0 Å². The van der Waals surface area contributed by atoms with Crippen molar-refractivity contribution in [1.29, 1.82) is 0 Å². The highest BCUT2D eigenvalue weighted by molar-refractivity contribution is 7.07. The summed E-state index contributed by atoms with van der Waals surface area (Å²) in [4.78, 5) is 17.3. The Kier molecular flexibility index (Phi) is 4.67. The topological polar surface area (TPSA) is 52.2 Å². The molecule has 4 rings (SSSR count). The van der Waals surface area contributed by atoms with E-state index in [0.717, 1.165) is 38.9 Å².